The third kappa shape index (κ3) is 4.90. The quantitative estimate of drug-likeness (QED) is 0.308. The van der Waals surface area contributed by atoms with Crippen molar-refractivity contribution in [1.82, 2.24) is 24.8 Å². The fraction of sp³-hybridized carbons (Fsp3) is 0.381. The second-order valence-electron chi connectivity index (χ2n) is 8.47. The Morgan fingerprint density at radius 2 is 2.08 bits per heavy atom. The molecule has 2 fully saturated rings. The van der Waals surface area contributed by atoms with E-state index in [2.05, 4.69) is 15.1 Å². The highest BCUT2D eigenvalue weighted by molar-refractivity contribution is 7.11. The molecule has 1 aromatic carbocycles. The van der Waals surface area contributed by atoms with Gasteiger partial charge in [-0.05, 0) is 25.1 Å². The molecule has 2 saturated heterocycles. The minimum Gasteiger partial charge on any atom is -0.395 e. The number of aryl methyl sites for hydroxylation is 1. The van der Waals surface area contributed by atoms with Crippen molar-refractivity contribution in [3.8, 4) is 5.69 Å². The maximum absolute atomic E-state index is 13.8. The van der Waals surface area contributed by atoms with Gasteiger partial charge in [-0.3, -0.25) is 0 Å². The number of aromatic nitrogens is 4. The zero-order chi connectivity index (χ0) is 26.6. The Labute approximate surface area is 222 Å². The number of alkyl halides is 3. The Kier molecular flexibility index (Phi) is 6.85. The van der Waals surface area contributed by atoms with E-state index in [9.17, 15) is 18.3 Å². The summed E-state index contributed by atoms with van der Waals surface area (Å²) in [6.45, 7) is 1.70. The minimum absolute atomic E-state index is 0.0508. The third-order valence-corrected chi connectivity index (χ3v) is 7.43. The molecule has 0 bridgehead atoms. The fourth-order valence-corrected chi connectivity index (χ4v) is 5.36. The Balaban J connectivity index is 1.53. The number of benzene rings is 1. The highest BCUT2D eigenvalue weighted by Crippen LogP contribution is 2.41. The molecule has 5 N–H and O–H groups in total. The largest absolute Gasteiger partial charge is 0.418 e. The molecule has 10 nitrogen and oxygen atoms in total. The number of hydrogen-bond acceptors (Lipinski definition) is 10. The lowest BCUT2D eigenvalue weighted by molar-refractivity contribution is -0.290. The van der Waals surface area contributed by atoms with Crippen LogP contribution in [0.2, 0.25) is 10.2 Å². The maximum atomic E-state index is 13.8. The normalized spacial score (nSPS) is 26.1. The van der Waals surface area contributed by atoms with Crippen LogP contribution in [0.15, 0.2) is 29.8 Å². The van der Waals surface area contributed by atoms with Crippen molar-refractivity contribution in [3.63, 3.8) is 0 Å². The van der Waals surface area contributed by atoms with E-state index in [1.54, 1.807) is 5.38 Å². The number of hydrazine groups is 1. The van der Waals surface area contributed by atoms with Crippen LogP contribution in [-0.4, -0.2) is 60.8 Å². The SMILES string of the molecule is Cc1nc(C2OC3COC3C(N(N)/C=C(\N)c3nc(Cl)cs3)C2O)n(-c2cc(Cl)ccc2C(F)(F)F)n1. The van der Waals surface area contributed by atoms with Gasteiger partial charge in [-0.2, -0.15) is 18.3 Å². The molecule has 0 amide bonds. The Hall–Kier alpha value is -2.46. The van der Waals surface area contributed by atoms with Crippen LogP contribution in [0, 0.1) is 6.92 Å². The number of ether oxygens (including phenoxy) is 2. The second kappa shape index (κ2) is 9.69. The molecule has 2 aliphatic rings. The monoisotopic (exact) mass is 577 g/mol. The lowest BCUT2D eigenvalue weighted by atomic mass is 9.88. The average molecular weight is 578 g/mol. The van der Waals surface area contributed by atoms with Gasteiger partial charge < -0.3 is 25.3 Å². The Morgan fingerprint density at radius 3 is 2.70 bits per heavy atom. The molecule has 5 rings (SSSR count). The first-order chi connectivity index (χ1) is 17.4. The van der Waals surface area contributed by atoms with E-state index in [1.165, 1.54) is 29.5 Å². The highest BCUT2D eigenvalue weighted by atomic mass is 35.5. The molecule has 0 spiro atoms. The first-order valence-corrected chi connectivity index (χ1v) is 12.4. The van der Waals surface area contributed by atoms with Crippen molar-refractivity contribution in [1.29, 1.82) is 0 Å². The average Bonchev–Trinajstić information content (AvgIpc) is 3.40. The first kappa shape index (κ1) is 26.2. The number of aliphatic hydroxyl groups is 1. The predicted octanol–water partition coefficient (Wildman–Crippen LogP) is 3.06. The molecule has 2 aliphatic heterocycles. The van der Waals surface area contributed by atoms with E-state index in [0.717, 1.165) is 22.9 Å². The molecule has 2 aromatic heterocycles. The van der Waals surface area contributed by atoms with Gasteiger partial charge in [0.15, 0.2) is 5.82 Å². The zero-order valence-corrected chi connectivity index (χ0v) is 21.3. The summed E-state index contributed by atoms with van der Waals surface area (Å²) in [4.78, 5) is 8.38. The van der Waals surface area contributed by atoms with Gasteiger partial charge in [-0.15, -0.1) is 11.3 Å². The standard InChI is InChI=1S/C21H20Cl2F3N7O3S/c1-8-29-19(33(31-8)12-4-9(22)2-3-10(12)21(24,25)26)18-16(34)15(17-13(36-18)6-35-17)32(28)5-11(27)20-30-14(23)7-37-20/h2-5,7,13,15-18,34H,6,27-28H2,1H3/b11-5-. The van der Waals surface area contributed by atoms with Crippen LogP contribution in [0.5, 0.6) is 0 Å². The van der Waals surface area contributed by atoms with Gasteiger partial charge in [-0.25, -0.2) is 20.5 Å². The van der Waals surface area contributed by atoms with Crippen molar-refractivity contribution in [3.05, 3.63) is 62.2 Å². The minimum atomic E-state index is -4.70. The van der Waals surface area contributed by atoms with Crippen LogP contribution in [-0.2, 0) is 15.7 Å². The second-order valence-corrected chi connectivity index (χ2v) is 10.2. The van der Waals surface area contributed by atoms with E-state index < -0.39 is 42.2 Å². The highest BCUT2D eigenvalue weighted by Gasteiger charge is 2.54. The fourth-order valence-electron chi connectivity index (χ4n) is 4.32. The van der Waals surface area contributed by atoms with E-state index >= 15 is 0 Å². The molecule has 16 heteroatoms. The maximum Gasteiger partial charge on any atom is 0.418 e. The topological polar surface area (TPSA) is 138 Å². The molecule has 5 atom stereocenters. The molecule has 0 radical (unpaired) electrons. The summed E-state index contributed by atoms with van der Waals surface area (Å²) < 4.78 is 54.1. The van der Waals surface area contributed by atoms with Crippen LogP contribution < -0.4 is 11.6 Å². The van der Waals surface area contributed by atoms with Crippen LogP contribution in [0.3, 0.4) is 0 Å². The van der Waals surface area contributed by atoms with Gasteiger partial charge in [0.05, 0.1) is 23.6 Å². The number of nitrogens with zero attached hydrogens (tertiary/aromatic N) is 5. The lowest BCUT2D eigenvalue weighted by Gasteiger charge is -2.52. The van der Waals surface area contributed by atoms with Crippen molar-refractivity contribution in [2.45, 2.75) is 43.6 Å². The molecule has 5 unspecified atom stereocenters. The van der Waals surface area contributed by atoms with Crippen LogP contribution in [0.1, 0.15) is 28.3 Å². The summed E-state index contributed by atoms with van der Waals surface area (Å²) in [5, 5.41) is 19.0. The lowest BCUT2D eigenvalue weighted by Crippen LogP contribution is -2.68. The van der Waals surface area contributed by atoms with Gasteiger partial charge >= 0.3 is 6.18 Å². The van der Waals surface area contributed by atoms with E-state index in [0.29, 0.717) is 5.01 Å². The summed E-state index contributed by atoms with van der Waals surface area (Å²) in [6, 6.07) is 2.23. The Bertz CT molecular complexity index is 1350. The summed E-state index contributed by atoms with van der Waals surface area (Å²) in [7, 11) is 0. The number of hydrogen-bond donors (Lipinski definition) is 3. The third-order valence-electron chi connectivity index (χ3n) is 5.98. The summed E-state index contributed by atoms with van der Waals surface area (Å²) in [5.74, 6) is 6.40. The number of nitrogens with two attached hydrogens (primary N) is 2. The van der Waals surface area contributed by atoms with Gasteiger partial charge in [0, 0.05) is 16.6 Å². The molecular formula is C21H20Cl2F3N7O3S. The molecular weight excluding hydrogens is 558 g/mol. The van der Waals surface area contributed by atoms with E-state index in [1.807, 2.05) is 0 Å². The molecule has 0 saturated carbocycles. The van der Waals surface area contributed by atoms with E-state index in [-0.39, 0.29) is 39.8 Å². The Morgan fingerprint density at radius 1 is 1.32 bits per heavy atom. The van der Waals surface area contributed by atoms with Crippen molar-refractivity contribution < 1.29 is 27.8 Å². The van der Waals surface area contributed by atoms with Crippen LogP contribution >= 0.6 is 34.5 Å². The van der Waals surface area contributed by atoms with Gasteiger partial charge in [-0.1, -0.05) is 23.2 Å². The molecule has 4 heterocycles. The van der Waals surface area contributed by atoms with Gasteiger partial charge in [0.2, 0.25) is 0 Å². The molecule has 198 valence electrons. The predicted molar refractivity (Wildman–Crippen MR) is 129 cm³/mol. The number of fused-ring (bicyclic) bond motifs is 1. The zero-order valence-electron chi connectivity index (χ0n) is 18.9. The smallest absolute Gasteiger partial charge is 0.395 e. The van der Waals surface area contributed by atoms with Crippen LogP contribution in [0.25, 0.3) is 11.4 Å². The number of thiazole rings is 1. The number of aliphatic hydroxyl groups excluding tert-OH is 1. The number of halogens is 5. The first-order valence-electron chi connectivity index (χ1n) is 10.8. The molecule has 3 aromatic rings. The van der Waals surface area contributed by atoms with E-state index in [4.69, 9.17) is 44.3 Å². The van der Waals surface area contributed by atoms with Crippen molar-refractivity contribution in [2.75, 3.05) is 6.61 Å². The van der Waals surface area contributed by atoms with Crippen molar-refractivity contribution in [2.24, 2.45) is 11.6 Å². The summed E-state index contributed by atoms with van der Waals surface area (Å²) in [6.07, 6.45) is -7.07. The van der Waals surface area contributed by atoms with Gasteiger partial charge in [0.25, 0.3) is 0 Å². The molecule has 37 heavy (non-hydrogen) atoms. The molecule has 0 aliphatic carbocycles. The summed E-state index contributed by atoms with van der Waals surface area (Å²) >= 11 is 13.1. The van der Waals surface area contributed by atoms with Crippen molar-refractivity contribution >= 4 is 40.2 Å². The summed E-state index contributed by atoms with van der Waals surface area (Å²) in [5.41, 5.74) is 4.97. The van der Waals surface area contributed by atoms with Crippen LogP contribution in [0.4, 0.5) is 13.2 Å². The van der Waals surface area contributed by atoms with Gasteiger partial charge in [0.1, 0.15) is 46.4 Å². The number of rotatable bonds is 5.